The van der Waals surface area contributed by atoms with Gasteiger partial charge in [-0.3, -0.25) is 4.79 Å². The number of amides is 1. The topological polar surface area (TPSA) is 66.5 Å². The first-order valence-electron chi connectivity index (χ1n) is 7.08. The van der Waals surface area contributed by atoms with E-state index in [2.05, 4.69) is 4.72 Å². The third-order valence-electron chi connectivity index (χ3n) is 4.07. The van der Waals surface area contributed by atoms with Crippen molar-refractivity contribution in [3.63, 3.8) is 0 Å². The molecule has 2 aliphatic rings. The summed E-state index contributed by atoms with van der Waals surface area (Å²) in [5.41, 5.74) is 0.969. The lowest BCUT2D eigenvalue weighted by Crippen LogP contribution is -2.36. The second-order valence-electron chi connectivity index (χ2n) is 5.69. The molecule has 2 atom stereocenters. The van der Waals surface area contributed by atoms with Crippen LogP contribution in [-0.4, -0.2) is 44.6 Å². The normalized spacial score (nSPS) is 27.3. The van der Waals surface area contributed by atoms with E-state index in [1.165, 1.54) is 0 Å². The fraction of sp³-hybridized carbons (Fsp3) is 0.500. The van der Waals surface area contributed by atoms with Crippen molar-refractivity contribution in [2.75, 3.05) is 25.4 Å². The molecular formula is C14H16Cl2N2O3S. The number of carbonyl (C=O) groups is 1. The van der Waals surface area contributed by atoms with Crippen LogP contribution in [0.2, 0.25) is 10.0 Å². The summed E-state index contributed by atoms with van der Waals surface area (Å²) in [6, 6.07) is 5.33. The molecule has 1 aliphatic heterocycles. The molecule has 8 heteroatoms. The molecule has 1 amide bonds. The molecular weight excluding hydrogens is 347 g/mol. The molecule has 0 radical (unpaired) electrons. The molecule has 22 heavy (non-hydrogen) atoms. The molecule has 0 spiro atoms. The Kier molecular flexibility index (Phi) is 4.38. The van der Waals surface area contributed by atoms with Gasteiger partial charge in [-0.25, -0.2) is 13.1 Å². The van der Waals surface area contributed by atoms with Crippen LogP contribution in [0.25, 0.3) is 0 Å². The van der Waals surface area contributed by atoms with Crippen molar-refractivity contribution in [1.29, 1.82) is 0 Å². The Balaban J connectivity index is 1.67. The lowest BCUT2D eigenvalue weighted by Gasteiger charge is -2.19. The van der Waals surface area contributed by atoms with Crippen molar-refractivity contribution >= 4 is 39.1 Å². The Labute approximate surface area is 139 Å². The van der Waals surface area contributed by atoms with Gasteiger partial charge in [-0.15, -0.1) is 0 Å². The van der Waals surface area contributed by atoms with E-state index in [1.807, 2.05) is 12.1 Å². The van der Waals surface area contributed by atoms with Gasteiger partial charge in [-0.05, 0) is 36.1 Å². The average molecular weight is 363 g/mol. The molecule has 1 heterocycles. The number of hydrogen-bond acceptors (Lipinski definition) is 3. The SMILES string of the molecule is O=C(C1CC1c1cc(Cl)cc(Cl)c1)N1CCNS(=O)(=O)CC1. The smallest absolute Gasteiger partial charge is 0.226 e. The first-order valence-corrected chi connectivity index (χ1v) is 9.49. The first-order chi connectivity index (χ1) is 10.4. The molecule has 120 valence electrons. The van der Waals surface area contributed by atoms with E-state index in [0.717, 1.165) is 12.0 Å². The van der Waals surface area contributed by atoms with Gasteiger partial charge in [0.05, 0.1) is 5.75 Å². The third-order valence-corrected chi connectivity index (χ3v) is 5.87. The van der Waals surface area contributed by atoms with Gasteiger partial charge in [0, 0.05) is 35.6 Å². The fourth-order valence-corrected chi connectivity index (χ4v) is 4.38. The monoisotopic (exact) mass is 362 g/mol. The zero-order chi connectivity index (χ0) is 15.9. The maximum Gasteiger partial charge on any atom is 0.226 e. The number of nitrogens with zero attached hydrogens (tertiary/aromatic N) is 1. The van der Waals surface area contributed by atoms with Crippen LogP contribution in [0, 0.1) is 5.92 Å². The van der Waals surface area contributed by atoms with Gasteiger partial charge < -0.3 is 4.90 Å². The number of hydrogen-bond donors (Lipinski definition) is 1. The zero-order valence-corrected chi connectivity index (χ0v) is 14.1. The van der Waals surface area contributed by atoms with Crippen LogP contribution in [0.4, 0.5) is 0 Å². The number of nitrogens with one attached hydrogen (secondary N) is 1. The van der Waals surface area contributed by atoms with E-state index in [-0.39, 0.29) is 36.6 Å². The van der Waals surface area contributed by atoms with Gasteiger partial charge in [0.25, 0.3) is 0 Å². The molecule has 5 nitrogen and oxygen atoms in total. The fourth-order valence-electron chi connectivity index (χ4n) is 2.83. The minimum Gasteiger partial charge on any atom is -0.340 e. The lowest BCUT2D eigenvalue weighted by molar-refractivity contribution is -0.132. The summed E-state index contributed by atoms with van der Waals surface area (Å²) in [7, 11) is -3.25. The number of rotatable bonds is 2. The Morgan fingerprint density at radius 2 is 1.86 bits per heavy atom. The molecule has 0 bridgehead atoms. The number of sulfonamides is 1. The van der Waals surface area contributed by atoms with Crippen molar-refractivity contribution < 1.29 is 13.2 Å². The molecule has 1 aliphatic carbocycles. The van der Waals surface area contributed by atoms with Crippen LogP contribution in [0.1, 0.15) is 17.9 Å². The Hall–Kier alpha value is -0.820. The second-order valence-corrected chi connectivity index (χ2v) is 8.49. The Morgan fingerprint density at radius 3 is 2.55 bits per heavy atom. The summed E-state index contributed by atoms with van der Waals surface area (Å²) in [6.07, 6.45) is 0.756. The molecule has 2 unspecified atom stereocenters. The summed E-state index contributed by atoms with van der Waals surface area (Å²) >= 11 is 12.0. The van der Waals surface area contributed by atoms with Crippen LogP contribution in [0.15, 0.2) is 18.2 Å². The number of carbonyl (C=O) groups excluding carboxylic acids is 1. The summed E-state index contributed by atoms with van der Waals surface area (Å²) in [4.78, 5) is 14.1. The molecule has 3 rings (SSSR count). The molecule has 1 aromatic carbocycles. The maximum atomic E-state index is 12.5. The standard InChI is InChI=1S/C14H16Cl2N2O3S/c15-10-5-9(6-11(16)7-10)12-8-13(12)14(19)18-2-1-17-22(20,21)4-3-18/h5-7,12-13,17H,1-4,8H2. The molecule has 1 aromatic rings. The van der Waals surface area contributed by atoms with Gasteiger partial charge in [0.2, 0.25) is 15.9 Å². The highest BCUT2D eigenvalue weighted by molar-refractivity contribution is 7.89. The van der Waals surface area contributed by atoms with Crippen LogP contribution in [0.5, 0.6) is 0 Å². The summed E-state index contributed by atoms with van der Waals surface area (Å²) in [6.45, 7) is 0.930. The minimum absolute atomic E-state index is 0.0139. The van der Waals surface area contributed by atoms with E-state index in [1.54, 1.807) is 11.0 Å². The van der Waals surface area contributed by atoms with Crippen LogP contribution in [-0.2, 0) is 14.8 Å². The van der Waals surface area contributed by atoms with Crippen molar-refractivity contribution in [2.45, 2.75) is 12.3 Å². The maximum absolute atomic E-state index is 12.5. The van der Waals surface area contributed by atoms with Crippen molar-refractivity contribution in [1.82, 2.24) is 9.62 Å². The summed E-state index contributed by atoms with van der Waals surface area (Å²) in [5.74, 6) is -0.00841. The summed E-state index contributed by atoms with van der Waals surface area (Å²) in [5, 5.41) is 1.12. The van der Waals surface area contributed by atoms with Crippen LogP contribution >= 0.6 is 23.2 Å². The molecule has 0 aromatic heterocycles. The predicted octanol–water partition coefficient (Wildman–Crippen LogP) is 1.86. The predicted molar refractivity (Wildman–Crippen MR) is 85.7 cm³/mol. The lowest BCUT2D eigenvalue weighted by atomic mass is 10.1. The molecule has 1 N–H and O–H groups in total. The van der Waals surface area contributed by atoms with Crippen LogP contribution in [0.3, 0.4) is 0 Å². The van der Waals surface area contributed by atoms with Crippen molar-refractivity contribution in [2.24, 2.45) is 5.92 Å². The van der Waals surface area contributed by atoms with E-state index >= 15 is 0 Å². The summed E-state index contributed by atoms with van der Waals surface area (Å²) < 4.78 is 25.5. The number of benzene rings is 1. The van der Waals surface area contributed by atoms with Crippen molar-refractivity contribution in [3.05, 3.63) is 33.8 Å². The molecule has 2 fully saturated rings. The zero-order valence-electron chi connectivity index (χ0n) is 11.8. The van der Waals surface area contributed by atoms with Gasteiger partial charge >= 0.3 is 0 Å². The number of halogens is 2. The Morgan fingerprint density at radius 1 is 1.18 bits per heavy atom. The average Bonchev–Trinajstić information content (AvgIpc) is 3.21. The van der Waals surface area contributed by atoms with E-state index in [9.17, 15) is 13.2 Å². The molecule has 1 saturated carbocycles. The van der Waals surface area contributed by atoms with E-state index in [0.29, 0.717) is 16.6 Å². The quantitative estimate of drug-likeness (QED) is 0.872. The highest BCUT2D eigenvalue weighted by Crippen LogP contribution is 2.49. The molecule has 1 saturated heterocycles. The van der Waals surface area contributed by atoms with E-state index < -0.39 is 10.0 Å². The van der Waals surface area contributed by atoms with E-state index in [4.69, 9.17) is 23.2 Å². The van der Waals surface area contributed by atoms with Gasteiger partial charge in [-0.2, -0.15) is 0 Å². The Bertz CT molecular complexity index is 688. The van der Waals surface area contributed by atoms with Crippen molar-refractivity contribution in [3.8, 4) is 0 Å². The largest absolute Gasteiger partial charge is 0.340 e. The van der Waals surface area contributed by atoms with Gasteiger partial charge in [0.15, 0.2) is 0 Å². The highest BCUT2D eigenvalue weighted by atomic mass is 35.5. The van der Waals surface area contributed by atoms with Crippen LogP contribution < -0.4 is 4.72 Å². The van der Waals surface area contributed by atoms with Gasteiger partial charge in [-0.1, -0.05) is 23.2 Å². The first kappa shape index (κ1) is 16.1. The highest BCUT2D eigenvalue weighted by Gasteiger charge is 2.46. The second kappa shape index (κ2) is 6.00. The minimum atomic E-state index is -3.25. The van der Waals surface area contributed by atoms with Gasteiger partial charge in [0.1, 0.15) is 0 Å². The third kappa shape index (κ3) is 3.56.